The van der Waals surface area contributed by atoms with E-state index in [4.69, 9.17) is 5.73 Å². The molecule has 29 heavy (non-hydrogen) atoms. The van der Waals surface area contributed by atoms with E-state index >= 15 is 4.39 Å². The Balaban J connectivity index is 2.15. The minimum absolute atomic E-state index is 0.210. The number of nitrogens with two attached hydrogens (primary N) is 1. The van der Waals surface area contributed by atoms with Crippen molar-refractivity contribution in [2.45, 2.75) is 26.3 Å². The summed E-state index contributed by atoms with van der Waals surface area (Å²) in [7, 11) is 0. The van der Waals surface area contributed by atoms with Crippen LogP contribution in [0.4, 0.5) is 20.2 Å². The van der Waals surface area contributed by atoms with Gasteiger partial charge in [0.1, 0.15) is 11.3 Å². The van der Waals surface area contributed by atoms with Gasteiger partial charge in [-0.25, -0.2) is 13.6 Å². The van der Waals surface area contributed by atoms with Crippen LogP contribution >= 0.6 is 0 Å². The lowest BCUT2D eigenvalue weighted by Crippen LogP contribution is -2.23. The standard InChI is InChI=1S/C20H20F2N4O3/c1-10(2)26-9-12(20(28)29)19(27)13-16(23)14(21)17(15(22)18(13)26)25-8-5-11-3-6-24-7-4-11/h3-4,6-7,9-10,25H,5,8,23H2,1-2H3,(H,28,29). The number of nitrogen functional groups attached to an aromatic ring is 1. The summed E-state index contributed by atoms with van der Waals surface area (Å²) in [4.78, 5) is 27.9. The average molecular weight is 402 g/mol. The monoisotopic (exact) mass is 402 g/mol. The molecule has 0 bridgehead atoms. The molecule has 3 aromatic rings. The molecule has 9 heteroatoms. The molecule has 0 spiro atoms. The number of benzene rings is 1. The molecule has 152 valence electrons. The Morgan fingerprint density at radius 2 is 1.93 bits per heavy atom. The van der Waals surface area contributed by atoms with Gasteiger partial charge in [-0.15, -0.1) is 0 Å². The van der Waals surface area contributed by atoms with E-state index in [0.29, 0.717) is 6.42 Å². The van der Waals surface area contributed by atoms with E-state index in [1.54, 1.807) is 38.4 Å². The maximum absolute atomic E-state index is 15.3. The number of halogens is 2. The second-order valence-corrected chi connectivity index (χ2v) is 6.85. The number of carboxylic acids is 1. The van der Waals surface area contributed by atoms with Crippen LogP contribution in [0.15, 0.2) is 35.5 Å². The highest BCUT2D eigenvalue weighted by Gasteiger charge is 2.26. The van der Waals surface area contributed by atoms with Crippen LogP contribution in [0, 0.1) is 11.6 Å². The molecule has 7 nitrogen and oxygen atoms in total. The van der Waals surface area contributed by atoms with Crippen LogP contribution in [0.3, 0.4) is 0 Å². The average Bonchev–Trinajstić information content (AvgIpc) is 2.68. The van der Waals surface area contributed by atoms with E-state index in [2.05, 4.69) is 10.3 Å². The van der Waals surface area contributed by atoms with Gasteiger partial charge in [0.2, 0.25) is 5.43 Å². The van der Waals surface area contributed by atoms with Crippen molar-refractivity contribution in [3.63, 3.8) is 0 Å². The van der Waals surface area contributed by atoms with E-state index < -0.39 is 51.4 Å². The van der Waals surface area contributed by atoms with Crippen molar-refractivity contribution < 1.29 is 18.7 Å². The number of pyridine rings is 2. The zero-order valence-electron chi connectivity index (χ0n) is 15.9. The first-order chi connectivity index (χ1) is 13.7. The Kier molecular flexibility index (Phi) is 5.49. The van der Waals surface area contributed by atoms with Crippen molar-refractivity contribution in [2.75, 3.05) is 17.6 Å². The molecular weight excluding hydrogens is 382 g/mol. The quantitative estimate of drug-likeness (QED) is 0.546. The van der Waals surface area contributed by atoms with Crippen LogP contribution in [0.25, 0.3) is 10.9 Å². The number of hydrogen-bond donors (Lipinski definition) is 3. The lowest BCUT2D eigenvalue weighted by Gasteiger charge is -2.20. The summed E-state index contributed by atoms with van der Waals surface area (Å²) in [5.74, 6) is -3.62. The predicted octanol–water partition coefficient (Wildman–Crippen LogP) is 3.19. The van der Waals surface area contributed by atoms with Gasteiger partial charge in [-0.05, 0) is 38.0 Å². The van der Waals surface area contributed by atoms with Gasteiger partial charge in [-0.3, -0.25) is 9.78 Å². The molecule has 0 aliphatic carbocycles. The van der Waals surface area contributed by atoms with Gasteiger partial charge in [-0.1, -0.05) is 0 Å². The molecule has 2 heterocycles. The summed E-state index contributed by atoms with van der Waals surface area (Å²) < 4.78 is 31.4. The Bertz CT molecular complexity index is 1140. The molecule has 0 aliphatic rings. The van der Waals surface area contributed by atoms with E-state index in [0.717, 1.165) is 11.8 Å². The first-order valence-corrected chi connectivity index (χ1v) is 8.95. The molecule has 0 saturated carbocycles. The normalized spacial score (nSPS) is 11.2. The van der Waals surface area contributed by atoms with Crippen molar-refractivity contribution in [3.8, 4) is 0 Å². The minimum atomic E-state index is -1.49. The lowest BCUT2D eigenvalue weighted by atomic mass is 10.1. The molecule has 0 atom stereocenters. The van der Waals surface area contributed by atoms with Gasteiger partial charge in [0, 0.05) is 31.2 Å². The van der Waals surface area contributed by atoms with Crippen molar-refractivity contribution in [2.24, 2.45) is 0 Å². The third-order valence-electron chi connectivity index (χ3n) is 4.64. The highest BCUT2D eigenvalue weighted by molar-refractivity contribution is 5.99. The van der Waals surface area contributed by atoms with Crippen LogP contribution in [-0.4, -0.2) is 27.2 Å². The first kappa shape index (κ1) is 20.2. The second-order valence-electron chi connectivity index (χ2n) is 6.85. The van der Waals surface area contributed by atoms with Gasteiger partial charge in [0.05, 0.1) is 16.6 Å². The lowest BCUT2D eigenvalue weighted by molar-refractivity contribution is 0.0694. The number of nitrogens with zero attached hydrogens (tertiary/aromatic N) is 2. The Morgan fingerprint density at radius 3 is 2.52 bits per heavy atom. The number of rotatable bonds is 6. The number of aromatic nitrogens is 2. The Hall–Kier alpha value is -3.49. The van der Waals surface area contributed by atoms with Crippen LogP contribution in [0.1, 0.15) is 35.8 Å². The summed E-state index contributed by atoms with van der Waals surface area (Å²) in [5, 5.41) is 11.5. The molecule has 3 rings (SSSR count). The number of hydrogen-bond acceptors (Lipinski definition) is 5. The smallest absolute Gasteiger partial charge is 0.341 e. The third-order valence-corrected chi connectivity index (χ3v) is 4.64. The van der Waals surface area contributed by atoms with Gasteiger partial charge in [0.25, 0.3) is 0 Å². The summed E-state index contributed by atoms with van der Waals surface area (Å²) in [6, 6.07) is 3.17. The SMILES string of the molecule is CC(C)n1cc(C(=O)O)c(=O)c2c(N)c(F)c(NCCc3ccncc3)c(F)c21. The zero-order valence-corrected chi connectivity index (χ0v) is 15.9. The largest absolute Gasteiger partial charge is 0.477 e. The Morgan fingerprint density at radius 1 is 1.28 bits per heavy atom. The minimum Gasteiger partial charge on any atom is -0.477 e. The summed E-state index contributed by atoms with van der Waals surface area (Å²) in [6.07, 6.45) is 4.77. The van der Waals surface area contributed by atoms with E-state index in [-0.39, 0.29) is 12.1 Å². The number of fused-ring (bicyclic) bond motifs is 1. The number of carboxylic acid groups (broad SMARTS) is 1. The fourth-order valence-electron chi connectivity index (χ4n) is 3.16. The van der Waals surface area contributed by atoms with E-state index in [1.165, 1.54) is 4.57 Å². The molecule has 2 aromatic heterocycles. The number of anilines is 2. The highest BCUT2D eigenvalue weighted by Crippen LogP contribution is 2.33. The van der Waals surface area contributed by atoms with E-state index in [9.17, 15) is 19.1 Å². The maximum Gasteiger partial charge on any atom is 0.341 e. The van der Waals surface area contributed by atoms with Crippen molar-refractivity contribution >= 4 is 28.2 Å². The molecule has 0 fully saturated rings. The molecule has 0 saturated heterocycles. The van der Waals surface area contributed by atoms with Crippen LogP contribution in [0.2, 0.25) is 0 Å². The first-order valence-electron chi connectivity index (χ1n) is 8.95. The van der Waals surface area contributed by atoms with Gasteiger partial charge in [-0.2, -0.15) is 0 Å². The fourth-order valence-corrected chi connectivity index (χ4v) is 3.16. The molecule has 0 aliphatic heterocycles. The van der Waals surface area contributed by atoms with Gasteiger partial charge < -0.3 is 20.7 Å². The fraction of sp³-hybridized carbons (Fsp3) is 0.250. The van der Waals surface area contributed by atoms with Crippen LogP contribution < -0.4 is 16.5 Å². The molecule has 0 unspecified atom stereocenters. The molecule has 0 radical (unpaired) electrons. The summed E-state index contributed by atoms with van der Waals surface area (Å²) in [6.45, 7) is 3.58. The number of carbonyl (C=O) groups is 1. The number of aromatic carboxylic acids is 1. The Labute approximate surface area is 164 Å². The predicted molar refractivity (Wildman–Crippen MR) is 106 cm³/mol. The molecule has 0 amide bonds. The number of nitrogens with one attached hydrogen (secondary N) is 1. The van der Waals surface area contributed by atoms with Gasteiger partial charge >= 0.3 is 5.97 Å². The topological polar surface area (TPSA) is 110 Å². The molecule has 4 N–H and O–H groups in total. The second kappa shape index (κ2) is 7.86. The van der Waals surface area contributed by atoms with Crippen molar-refractivity contribution in [1.29, 1.82) is 0 Å². The van der Waals surface area contributed by atoms with Crippen molar-refractivity contribution in [1.82, 2.24) is 9.55 Å². The summed E-state index contributed by atoms with van der Waals surface area (Å²) >= 11 is 0. The maximum atomic E-state index is 15.3. The highest BCUT2D eigenvalue weighted by atomic mass is 19.1. The zero-order chi connectivity index (χ0) is 21.3. The molecular formula is C20H20F2N4O3. The van der Waals surface area contributed by atoms with Crippen molar-refractivity contribution in [3.05, 3.63) is 63.7 Å². The molecule has 1 aromatic carbocycles. The van der Waals surface area contributed by atoms with E-state index in [1.807, 2.05) is 0 Å². The summed E-state index contributed by atoms with van der Waals surface area (Å²) in [5.41, 5.74) is 3.83. The van der Waals surface area contributed by atoms with Crippen LogP contribution in [0.5, 0.6) is 0 Å². The van der Waals surface area contributed by atoms with Crippen LogP contribution in [-0.2, 0) is 6.42 Å². The third kappa shape index (κ3) is 3.63. The van der Waals surface area contributed by atoms with Gasteiger partial charge in [0.15, 0.2) is 11.6 Å².